The first kappa shape index (κ1) is 17.4. The van der Waals surface area contributed by atoms with Gasteiger partial charge >= 0.3 is 0 Å². The van der Waals surface area contributed by atoms with Crippen molar-refractivity contribution in [2.75, 3.05) is 0 Å². The number of aryl methyl sites for hydroxylation is 2. The smallest absolute Gasteiger partial charge is 0.155 e. The van der Waals surface area contributed by atoms with Gasteiger partial charge in [0.2, 0.25) is 0 Å². The third-order valence-electron chi connectivity index (χ3n) is 3.24. The van der Waals surface area contributed by atoms with Crippen molar-refractivity contribution < 1.29 is 0 Å². The molecule has 0 saturated carbocycles. The van der Waals surface area contributed by atoms with Crippen LogP contribution >= 0.6 is 0 Å². The van der Waals surface area contributed by atoms with Crippen LogP contribution in [-0.2, 0) is 7.05 Å². The van der Waals surface area contributed by atoms with E-state index in [4.69, 9.17) is 5.73 Å². The van der Waals surface area contributed by atoms with Crippen molar-refractivity contribution in [3.8, 4) is 11.3 Å². The van der Waals surface area contributed by atoms with E-state index in [0.717, 1.165) is 35.4 Å². The van der Waals surface area contributed by atoms with Crippen LogP contribution in [0.2, 0.25) is 0 Å². The predicted molar refractivity (Wildman–Crippen MR) is 95.1 cm³/mol. The molecule has 126 valence electrons. The number of pyridine rings is 1. The molecular formula is C17H23N7. The topological polar surface area (TPSA) is 86.9 Å². The maximum atomic E-state index is 5.10. The van der Waals surface area contributed by atoms with Gasteiger partial charge in [0.15, 0.2) is 5.65 Å². The molecule has 0 atom stereocenters. The zero-order valence-corrected chi connectivity index (χ0v) is 14.3. The Kier molecular flexibility index (Phi) is 6.24. The molecule has 3 rings (SSSR count). The Bertz CT molecular complexity index is 826. The number of allylic oxidation sites excluding steroid dienone is 3. The molecule has 0 bridgehead atoms. The van der Waals surface area contributed by atoms with Crippen LogP contribution in [0, 0.1) is 6.92 Å². The highest BCUT2D eigenvalue weighted by Gasteiger charge is 2.08. The monoisotopic (exact) mass is 325 g/mol. The molecule has 7 nitrogen and oxygen atoms in total. The van der Waals surface area contributed by atoms with Gasteiger partial charge in [-0.15, -0.1) is 0 Å². The van der Waals surface area contributed by atoms with Crippen LogP contribution in [0.4, 0.5) is 0 Å². The van der Waals surface area contributed by atoms with Gasteiger partial charge in [-0.05, 0) is 38.1 Å². The zero-order chi connectivity index (χ0) is 17.4. The number of aromatic nitrogens is 6. The lowest BCUT2D eigenvalue weighted by molar-refractivity contribution is 0.650. The van der Waals surface area contributed by atoms with E-state index in [-0.39, 0.29) is 0 Å². The number of nitrogens with zero attached hydrogens (tertiary/aromatic N) is 6. The standard InChI is InChI=1S/C10H10N6.C7H13N/c1-7-10(14-15(2)13-7)8-3-4-9-11-6-12-16(9)5-8;1-2-3-4-5-6-7-8/h3-6H,1-2H3;3-4,6-7H,2,5,8H2,1H3/b;4-3-,7-6-. The van der Waals surface area contributed by atoms with Crippen molar-refractivity contribution in [3.63, 3.8) is 0 Å². The van der Waals surface area contributed by atoms with E-state index in [9.17, 15) is 0 Å². The summed E-state index contributed by atoms with van der Waals surface area (Å²) in [4.78, 5) is 5.66. The number of rotatable bonds is 4. The molecule has 24 heavy (non-hydrogen) atoms. The molecule has 0 aromatic carbocycles. The highest BCUT2D eigenvalue weighted by Crippen LogP contribution is 2.19. The Morgan fingerprint density at radius 1 is 1.17 bits per heavy atom. The molecule has 3 heterocycles. The molecule has 0 amide bonds. The highest BCUT2D eigenvalue weighted by molar-refractivity contribution is 5.61. The molecule has 0 spiro atoms. The molecule has 2 N–H and O–H groups in total. The van der Waals surface area contributed by atoms with Gasteiger partial charge in [0.1, 0.15) is 12.0 Å². The van der Waals surface area contributed by atoms with Crippen LogP contribution in [-0.4, -0.2) is 29.6 Å². The molecule has 0 unspecified atom stereocenters. The quantitative estimate of drug-likeness (QED) is 0.745. The number of hydrogen-bond acceptors (Lipinski definition) is 5. The first-order valence-corrected chi connectivity index (χ1v) is 7.85. The summed E-state index contributed by atoms with van der Waals surface area (Å²) in [5, 5.41) is 12.6. The summed E-state index contributed by atoms with van der Waals surface area (Å²) in [6.45, 7) is 4.05. The van der Waals surface area contributed by atoms with Crippen molar-refractivity contribution in [2.45, 2.75) is 26.7 Å². The molecule has 0 saturated heterocycles. The van der Waals surface area contributed by atoms with E-state index in [1.54, 1.807) is 15.5 Å². The summed E-state index contributed by atoms with van der Waals surface area (Å²) >= 11 is 0. The molecule has 0 aliphatic heterocycles. The molecule has 0 aliphatic carbocycles. The van der Waals surface area contributed by atoms with Crippen LogP contribution < -0.4 is 5.73 Å². The molecule has 3 aromatic heterocycles. The lowest BCUT2D eigenvalue weighted by Gasteiger charge is -1.97. The number of nitrogens with two attached hydrogens (primary N) is 1. The summed E-state index contributed by atoms with van der Waals surface area (Å²) in [6.07, 6.45) is 13.2. The van der Waals surface area contributed by atoms with Gasteiger partial charge in [-0.3, -0.25) is 0 Å². The van der Waals surface area contributed by atoms with Crippen LogP contribution in [0.1, 0.15) is 25.5 Å². The van der Waals surface area contributed by atoms with Crippen molar-refractivity contribution in [1.82, 2.24) is 29.6 Å². The van der Waals surface area contributed by atoms with Gasteiger partial charge in [-0.25, -0.2) is 9.50 Å². The fraction of sp³-hybridized carbons (Fsp3) is 0.294. The van der Waals surface area contributed by atoms with Gasteiger partial charge in [-0.2, -0.15) is 20.1 Å². The SMILES string of the molecule is CC/C=C\C/C=C\N.Cc1nn(C)nc1-c1ccc2ncnn2c1. The maximum Gasteiger partial charge on any atom is 0.155 e. The lowest BCUT2D eigenvalue weighted by atomic mass is 10.2. The van der Waals surface area contributed by atoms with Crippen LogP contribution in [0.5, 0.6) is 0 Å². The summed E-state index contributed by atoms with van der Waals surface area (Å²) in [5.41, 5.74) is 8.69. The zero-order valence-electron chi connectivity index (χ0n) is 14.3. The van der Waals surface area contributed by atoms with Crippen LogP contribution in [0.3, 0.4) is 0 Å². The fourth-order valence-electron chi connectivity index (χ4n) is 2.15. The van der Waals surface area contributed by atoms with Crippen LogP contribution in [0.15, 0.2) is 49.1 Å². The predicted octanol–water partition coefficient (Wildman–Crippen LogP) is 2.65. The Labute approximate surface area is 141 Å². The van der Waals surface area contributed by atoms with E-state index in [1.165, 1.54) is 6.33 Å². The van der Waals surface area contributed by atoms with E-state index >= 15 is 0 Å². The minimum atomic E-state index is 0.824. The molecule has 3 aromatic rings. The van der Waals surface area contributed by atoms with Crippen LogP contribution in [0.25, 0.3) is 16.9 Å². The van der Waals surface area contributed by atoms with E-state index < -0.39 is 0 Å². The average Bonchev–Trinajstić information content (AvgIpc) is 3.17. The minimum absolute atomic E-state index is 0.824. The maximum absolute atomic E-state index is 5.10. The van der Waals surface area contributed by atoms with Gasteiger partial charge in [-0.1, -0.05) is 25.2 Å². The summed E-state index contributed by atoms with van der Waals surface area (Å²) in [7, 11) is 1.81. The second kappa shape index (κ2) is 8.61. The molecule has 0 aliphatic rings. The van der Waals surface area contributed by atoms with E-state index in [2.05, 4.69) is 39.4 Å². The van der Waals surface area contributed by atoms with Gasteiger partial charge in [0.05, 0.1) is 5.69 Å². The molecular weight excluding hydrogens is 302 g/mol. The Morgan fingerprint density at radius 2 is 2.00 bits per heavy atom. The van der Waals surface area contributed by atoms with Gasteiger partial charge in [0.25, 0.3) is 0 Å². The van der Waals surface area contributed by atoms with Crippen molar-refractivity contribution >= 4 is 5.65 Å². The second-order valence-electron chi connectivity index (χ2n) is 5.15. The summed E-state index contributed by atoms with van der Waals surface area (Å²) in [5.74, 6) is 0. The molecule has 0 fully saturated rings. The van der Waals surface area contributed by atoms with Crippen molar-refractivity contribution in [2.24, 2.45) is 12.8 Å². The Morgan fingerprint density at radius 3 is 2.67 bits per heavy atom. The molecule has 7 heteroatoms. The largest absolute Gasteiger partial charge is 0.405 e. The minimum Gasteiger partial charge on any atom is -0.405 e. The third-order valence-corrected chi connectivity index (χ3v) is 3.24. The third kappa shape index (κ3) is 4.52. The molecule has 0 radical (unpaired) electrons. The fourth-order valence-corrected chi connectivity index (χ4v) is 2.15. The van der Waals surface area contributed by atoms with Crippen molar-refractivity contribution in [1.29, 1.82) is 0 Å². The van der Waals surface area contributed by atoms with Gasteiger partial charge in [0, 0.05) is 18.8 Å². The second-order valence-corrected chi connectivity index (χ2v) is 5.15. The Hall–Kier alpha value is -2.96. The van der Waals surface area contributed by atoms with Gasteiger partial charge < -0.3 is 5.73 Å². The Balaban J connectivity index is 0.000000224. The summed E-state index contributed by atoms with van der Waals surface area (Å²) in [6, 6.07) is 3.89. The van der Waals surface area contributed by atoms with Crippen molar-refractivity contribution in [3.05, 3.63) is 54.8 Å². The first-order valence-electron chi connectivity index (χ1n) is 7.85. The normalized spacial score (nSPS) is 11.3. The lowest BCUT2D eigenvalue weighted by Crippen LogP contribution is -1.92. The van der Waals surface area contributed by atoms with E-state index in [0.29, 0.717) is 0 Å². The summed E-state index contributed by atoms with van der Waals surface area (Å²) < 4.78 is 1.73. The number of hydrogen-bond donors (Lipinski definition) is 1. The average molecular weight is 325 g/mol. The highest BCUT2D eigenvalue weighted by atomic mass is 15.5. The first-order chi connectivity index (χ1) is 11.7. The number of fused-ring (bicyclic) bond motifs is 1. The van der Waals surface area contributed by atoms with E-state index in [1.807, 2.05) is 38.4 Å².